The summed E-state index contributed by atoms with van der Waals surface area (Å²) in [4.78, 5) is 14.2. The average Bonchev–Trinajstić information content (AvgIpc) is 3.08. The molecule has 0 aliphatic heterocycles. The van der Waals surface area contributed by atoms with Crippen molar-refractivity contribution in [3.05, 3.63) is 23.6 Å². The van der Waals surface area contributed by atoms with Crippen LogP contribution in [0, 0.1) is 0 Å². The van der Waals surface area contributed by atoms with Crippen molar-refractivity contribution in [3.63, 3.8) is 0 Å². The van der Waals surface area contributed by atoms with Crippen LogP contribution in [0.2, 0.25) is 0 Å². The van der Waals surface area contributed by atoms with Crippen LogP contribution in [-0.4, -0.2) is 31.7 Å². The summed E-state index contributed by atoms with van der Waals surface area (Å²) in [6.45, 7) is 2.90. The molecule has 3 aromatic rings. The summed E-state index contributed by atoms with van der Waals surface area (Å²) in [5, 5.41) is 13.8. The average molecular weight is 292 g/mol. The van der Waals surface area contributed by atoms with Gasteiger partial charge >= 0.3 is 0 Å². The molecule has 0 saturated heterocycles. The number of rotatable bonds is 5. The van der Waals surface area contributed by atoms with E-state index in [1.165, 1.54) is 6.33 Å². The Hall–Kier alpha value is -1.67. The number of H-pyrrole nitrogens is 1. The first-order chi connectivity index (χ1) is 9.36. The summed E-state index contributed by atoms with van der Waals surface area (Å²) in [6, 6.07) is 2.05. The lowest BCUT2D eigenvalue weighted by molar-refractivity contribution is 0.967. The molecule has 0 aromatic carbocycles. The van der Waals surface area contributed by atoms with Gasteiger partial charge in [0.2, 0.25) is 0 Å². The first kappa shape index (κ1) is 12.4. The van der Waals surface area contributed by atoms with Gasteiger partial charge < -0.3 is 5.32 Å². The van der Waals surface area contributed by atoms with E-state index in [0.717, 1.165) is 33.6 Å². The van der Waals surface area contributed by atoms with Crippen molar-refractivity contribution < 1.29 is 0 Å². The van der Waals surface area contributed by atoms with Crippen LogP contribution in [0.15, 0.2) is 22.9 Å². The predicted molar refractivity (Wildman–Crippen MR) is 77.5 cm³/mol. The molecule has 0 aliphatic carbocycles. The van der Waals surface area contributed by atoms with Gasteiger partial charge in [0.15, 0.2) is 5.16 Å². The van der Waals surface area contributed by atoms with Crippen LogP contribution in [0.4, 0.5) is 5.82 Å². The minimum Gasteiger partial charge on any atom is -0.370 e. The molecule has 0 spiro atoms. The third kappa shape index (κ3) is 2.69. The Balaban J connectivity index is 1.86. The summed E-state index contributed by atoms with van der Waals surface area (Å²) in [7, 11) is 0. The number of aromatic amines is 1. The Labute approximate surface area is 118 Å². The molecule has 0 amide bonds. The van der Waals surface area contributed by atoms with Crippen molar-refractivity contribution in [1.29, 1.82) is 0 Å². The first-order valence-corrected chi connectivity index (χ1v) is 7.69. The zero-order chi connectivity index (χ0) is 13.1. The minimum absolute atomic E-state index is 0.668. The summed E-state index contributed by atoms with van der Waals surface area (Å²) in [5.41, 5.74) is 0. The lowest BCUT2D eigenvalue weighted by Crippen LogP contribution is -2.03. The molecule has 3 rings (SSSR count). The van der Waals surface area contributed by atoms with Gasteiger partial charge in [-0.3, -0.25) is 5.10 Å². The van der Waals surface area contributed by atoms with E-state index in [4.69, 9.17) is 0 Å². The number of fused-ring (bicyclic) bond motifs is 1. The molecular formula is C11H12N6S2. The Morgan fingerprint density at radius 3 is 3.16 bits per heavy atom. The lowest BCUT2D eigenvalue weighted by Gasteiger charge is -2.06. The zero-order valence-electron chi connectivity index (χ0n) is 10.3. The highest BCUT2D eigenvalue weighted by Gasteiger charge is 2.09. The van der Waals surface area contributed by atoms with E-state index in [9.17, 15) is 0 Å². The SMILES string of the molecule is CCNc1nc(CSc2ncn[nH]2)nc2sccc12. The lowest BCUT2D eigenvalue weighted by atomic mass is 10.3. The molecule has 0 radical (unpaired) electrons. The van der Waals surface area contributed by atoms with E-state index < -0.39 is 0 Å². The molecule has 3 aromatic heterocycles. The van der Waals surface area contributed by atoms with Gasteiger partial charge in [0.1, 0.15) is 22.8 Å². The standard InChI is InChI=1S/C11H12N6S2/c1-2-12-9-7-3-4-18-10(7)16-8(15-9)5-19-11-13-6-14-17-11/h3-4,6H,2,5H2,1H3,(H,12,15,16)(H,13,14,17). The molecule has 8 heteroatoms. The maximum absolute atomic E-state index is 4.56. The fourth-order valence-corrected chi connectivity index (χ4v) is 3.08. The van der Waals surface area contributed by atoms with Gasteiger partial charge in [0.05, 0.1) is 11.1 Å². The summed E-state index contributed by atoms with van der Waals surface area (Å²) < 4.78 is 0. The minimum atomic E-state index is 0.668. The zero-order valence-corrected chi connectivity index (χ0v) is 11.9. The molecule has 3 heterocycles. The second-order valence-corrected chi connectivity index (χ2v) is 5.60. The summed E-state index contributed by atoms with van der Waals surface area (Å²) in [5.74, 6) is 2.37. The fourth-order valence-electron chi connectivity index (χ4n) is 1.66. The van der Waals surface area contributed by atoms with Gasteiger partial charge in [-0.1, -0.05) is 11.8 Å². The second-order valence-electron chi connectivity index (χ2n) is 3.74. The Kier molecular flexibility index (Phi) is 3.60. The number of hydrogen-bond donors (Lipinski definition) is 2. The van der Waals surface area contributed by atoms with Gasteiger partial charge in [0, 0.05) is 6.54 Å². The molecule has 19 heavy (non-hydrogen) atoms. The maximum Gasteiger partial charge on any atom is 0.183 e. The summed E-state index contributed by atoms with van der Waals surface area (Å²) in [6.07, 6.45) is 1.50. The number of nitrogens with one attached hydrogen (secondary N) is 2. The van der Waals surface area contributed by atoms with Crippen molar-refractivity contribution in [2.24, 2.45) is 0 Å². The molecule has 0 saturated carbocycles. The maximum atomic E-state index is 4.56. The third-order valence-corrected chi connectivity index (χ3v) is 4.13. The number of thiophene rings is 1. The highest BCUT2D eigenvalue weighted by Crippen LogP contribution is 2.26. The normalized spacial score (nSPS) is 11.0. The number of aromatic nitrogens is 5. The van der Waals surface area contributed by atoms with Crippen LogP contribution in [0.3, 0.4) is 0 Å². The van der Waals surface area contributed by atoms with Crippen LogP contribution in [0.1, 0.15) is 12.7 Å². The smallest absolute Gasteiger partial charge is 0.183 e. The van der Waals surface area contributed by atoms with Gasteiger partial charge in [-0.15, -0.1) is 11.3 Å². The summed E-state index contributed by atoms with van der Waals surface area (Å²) >= 11 is 3.17. The van der Waals surface area contributed by atoms with Crippen LogP contribution in [0.5, 0.6) is 0 Å². The van der Waals surface area contributed by atoms with Crippen LogP contribution < -0.4 is 5.32 Å². The number of hydrogen-bond acceptors (Lipinski definition) is 7. The second kappa shape index (κ2) is 5.54. The van der Waals surface area contributed by atoms with E-state index >= 15 is 0 Å². The number of thioether (sulfide) groups is 1. The van der Waals surface area contributed by atoms with Crippen LogP contribution in [0.25, 0.3) is 10.2 Å². The van der Waals surface area contributed by atoms with Crippen molar-refractivity contribution in [1.82, 2.24) is 25.1 Å². The Bertz CT molecular complexity index is 663. The van der Waals surface area contributed by atoms with Crippen molar-refractivity contribution in [3.8, 4) is 0 Å². The highest BCUT2D eigenvalue weighted by atomic mass is 32.2. The Morgan fingerprint density at radius 1 is 1.42 bits per heavy atom. The topological polar surface area (TPSA) is 79.4 Å². The highest BCUT2D eigenvalue weighted by molar-refractivity contribution is 7.98. The van der Waals surface area contributed by atoms with Gasteiger partial charge in [-0.25, -0.2) is 15.0 Å². The largest absolute Gasteiger partial charge is 0.370 e. The molecular weight excluding hydrogens is 280 g/mol. The van der Waals surface area contributed by atoms with Gasteiger partial charge in [-0.05, 0) is 18.4 Å². The molecule has 98 valence electrons. The number of nitrogens with zero attached hydrogens (tertiary/aromatic N) is 4. The van der Waals surface area contributed by atoms with E-state index in [1.807, 2.05) is 11.4 Å². The Morgan fingerprint density at radius 2 is 2.37 bits per heavy atom. The molecule has 6 nitrogen and oxygen atoms in total. The molecule has 0 unspecified atom stereocenters. The van der Waals surface area contributed by atoms with Crippen LogP contribution >= 0.6 is 23.1 Å². The van der Waals surface area contributed by atoms with E-state index in [1.54, 1.807) is 23.1 Å². The van der Waals surface area contributed by atoms with Crippen LogP contribution in [-0.2, 0) is 5.75 Å². The molecule has 2 N–H and O–H groups in total. The predicted octanol–water partition coefficient (Wildman–Crippen LogP) is 2.53. The third-order valence-electron chi connectivity index (χ3n) is 2.45. The fraction of sp³-hybridized carbons (Fsp3) is 0.273. The molecule has 0 aliphatic rings. The van der Waals surface area contributed by atoms with Crippen molar-refractivity contribution in [2.75, 3.05) is 11.9 Å². The van der Waals surface area contributed by atoms with E-state index in [2.05, 4.69) is 37.4 Å². The van der Waals surface area contributed by atoms with E-state index in [0.29, 0.717) is 5.75 Å². The van der Waals surface area contributed by atoms with Gasteiger partial charge in [0.25, 0.3) is 0 Å². The van der Waals surface area contributed by atoms with Crippen molar-refractivity contribution in [2.45, 2.75) is 17.8 Å². The van der Waals surface area contributed by atoms with Gasteiger partial charge in [-0.2, -0.15) is 5.10 Å². The molecule has 0 bridgehead atoms. The number of anilines is 1. The first-order valence-electron chi connectivity index (χ1n) is 5.83. The molecule has 0 fully saturated rings. The molecule has 0 atom stereocenters. The monoisotopic (exact) mass is 292 g/mol. The quantitative estimate of drug-likeness (QED) is 0.703. The van der Waals surface area contributed by atoms with Crippen molar-refractivity contribution >= 4 is 39.1 Å². The van der Waals surface area contributed by atoms with E-state index in [-0.39, 0.29) is 0 Å².